The molecule has 1 amide bonds. The van der Waals surface area contributed by atoms with Gasteiger partial charge in [-0.3, -0.25) is 9.59 Å². The maximum Gasteiger partial charge on any atom is 0.323 e. The second-order valence-electron chi connectivity index (χ2n) is 4.25. The number of aromatic amines is 2. The quantitative estimate of drug-likeness (QED) is 0.709. The van der Waals surface area contributed by atoms with Gasteiger partial charge in [-0.2, -0.15) is 0 Å². The summed E-state index contributed by atoms with van der Waals surface area (Å²) in [5, 5.41) is 0. The molecule has 0 aromatic carbocycles. The molecule has 0 atom stereocenters. The molecule has 2 heterocycles. The van der Waals surface area contributed by atoms with Crippen molar-refractivity contribution >= 4 is 11.9 Å². The minimum atomic E-state index is -0.400. The smallest absolute Gasteiger partial charge is 0.323 e. The number of likely N-dealkylation sites (tertiary alicyclic amines) is 1. The molecule has 2 rings (SSSR count). The van der Waals surface area contributed by atoms with E-state index in [4.69, 9.17) is 0 Å². The lowest BCUT2D eigenvalue weighted by molar-refractivity contribution is -0.146. The molecule has 7 heteroatoms. The summed E-state index contributed by atoms with van der Waals surface area (Å²) in [7, 11) is 1.37. The molecule has 7 nitrogen and oxygen atoms in total. The largest absolute Gasteiger partial charge is 0.469 e. The molecular weight excluding hydrogens is 238 g/mol. The number of hydrogen-bond donors (Lipinski definition) is 2. The van der Waals surface area contributed by atoms with Gasteiger partial charge in [0, 0.05) is 19.3 Å². The van der Waals surface area contributed by atoms with Gasteiger partial charge in [0.25, 0.3) is 5.91 Å². The first-order valence-electron chi connectivity index (χ1n) is 5.76. The summed E-state index contributed by atoms with van der Waals surface area (Å²) >= 11 is 0. The summed E-state index contributed by atoms with van der Waals surface area (Å²) in [5.41, 5.74) is -0.153. The molecule has 1 aromatic heterocycles. The summed E-state index contributed by atoms with van der Waals surface area (Å²) in [5.74, 6) is -0.585. The third kappa shape index (κ3) is 2.44. The predicted octanol–water partition coefficient (Wildman–Crippen LogP) is -0.272. The van der Waals surface area contributed by atoms with Gasteiger partial charge in [0.15, 0.2) is 0 Å². The van der Waals surface area contributed by atoms with Gasteiger partial charge in [-0.05, 0) is 12.8 Å². The standard InChI is InChI=1S/C11H15N3O4/c1-18-10(16)7-2-4-14(5-3-7)9(15)8-6-12-11(17)13-8/h6-7H,2-5H2,1H3,(H2,12,13,17). The molecule has 1 aliphatic heterocycles. The minimum absolute atomic E-state index is 0.135. The predicted molar refractivity (Wildman–Crippen MR) is 62.1 cm³/mol. The molecule has 0 bridgehead atoms. The van der Waals surface area contributed by atoms with E-state index in [9.17, 15) is 14.4 Å². The number of carbonyl (C=O) groups is 2. The van der Waals surface area contributed by atoms with Gasteiger partial charge in [-0.25, -0.2) is 4.79 Å². The molecule has 2 N–H and O–H groups in total. The third-order valence-corrected chi connectivity index (χ3v) is 3.14. The lowest BCUT2D eigenvalue weighted by Crippen LogP contribution is -2.40. The molecule has 1 saturated heterocycles. The highest BCUT2D eigenvalue weighted by Crippen LogP contribution is 2.19. The molecule has 0 saturated carbocycles. The van der Waals surface area contributed by atoms with Crippen LogP contribution in [0.5, 0.6) is 0 Å². The highest BCUT2D eigenvalue weighted by atomic mass is 16.5. The van der Waals surface area contributed by atoms with Gasteiger partial charge in [0.05, 0.1) is 13.0 Å². The molecule has 0 aliphatic carbocycles. The van der Waals surface area contributed by atoms with Crippen LogP contribution < -0.4 is 5.69 Å². The number of nitrogens with zero attached hydrogens (tertiary/aromatic N) is 1. The maximum absolute atomic E-state index is 12.0. The van der Waals surface area contributed by atoms with Crippen LogP contribution in [0.4, 0.5) is 0 Å². The minimum Gasteiger partial charge on any atom is -0.469 e. The molecule has 1 aromatic rings. The fourth-order valence-electron chi connectivity index (χ4n) is 2.10. The number of rotatable bonds is 2. The number of amides is 1. The van der Waals surface area contributed by atoms with Gasteiger partial charge in [0.1, 0.15) is 5.69 Å². The Balaban J connectivity index is 1.96. The average Bonchev–Trinajstić information content (AvgIpc) is 2.84. The lowest BCUT2D eigenvalue weighted by Gasteiger charge is -2.30. The SMILES string of the molecule is COC(=O)C1CCN(C(=O)c2c[nH]c(=O)[nH]2)CC1. The van der Waals surface area contributed by atoms with Crippen LogP contribution >= 0.6 is 0 Å². The second kappa shape index (κ2) is 5.07. The Morgan fingerprint density at radius 3 is 2.56 bits per heavy atom. The van der Waals surface area contributed by atoms with Gasteiger partial charge < -0.3 is 19.6 Å². The van der Waals surface area contributed by atoms with Crippen molar-refractivity contribution in [3.8, 4) is 0 Å². The Bertz CT molecular complexity index is 496. The summed E-state index contributed by atoms with van der Waals surface area (Å²) in [6.07, 6.45) is 2.54. The highest BCUT2D eigenvalue weighted by molar-refractivity contribution is 5.92. The van der Waals surface area contributed by atoms with E-state index in [2.05, 4.69) is 14.7 Å². The molecule has 1 aliphatic rings. The lowest BCUT2D eigenvalue weighted by atomic mass is 9.97. The fourth-order valence-corrected chi connectivity index (χ4v) is 2.10. The van der Waals surface area contributed by atoms with Crippen molar-refractivity contribution in [2.75, 3.05) is 20.2 Å². The zero-order valence-corrected chi connectivity index (χ0v) is 10.1. The van der Waals surface area contributed by atoms with Gasteiger partial charge in [-0.15, -0.1) is 0 Å². The van der Waals surface area contributed by atoms with E-state index in [1.54, 1.807) is 4.90 Å². The number of hydrogen-bond acceptors (Lipinski definition) is 4. The van der Waals surface area contributed by atoms with E-state index in [0.717, 1.165) is 0 Å². The summed E-state index contributed by atoms with van der Waals surface area (Å²) in [4.78, 5) is 40.7. The number of esters is 1. The third-order valence-electron chi connectivity index (χ3n) is 3.14. The van der Waals surface area contributed by atoms with E-state index in [1.165, 1.54) is 13.3 Å². The van der Waals surface area contributed by atoms with Crippen molar-refractivity contribution in [3.63, 3.8) is 0 Å². The summed E-state index contributed by atoms with van der Waals surface area (Å²) in [6.45, 7) is 0.984. The number of carbonyl (C=O) groups excluding carboxylic acids is 2. The topological polar surface area (TPSA) is 95.3 Å². The highest BCUT2D eigenvalue weighted by Gasteiger charge is 2.28. The van der Waals surface area contributed by atoms with E-state index in [1.807, 2.05) is 0 Å². The van der Waals surface area contributed by atoms with Crippen molar-refractivity contribution in [1.82, 2.24) is 14.9 Å². The average molecular weight is 253 g/mol. The van der Waals surface area contributed by atoms with Crippen LogP contribution in [0.15, 0.2) is 11.0 Å². The van der Waals surface area contributed by atoms with E-state index in [0.29, 0.717) is 25.9 Å². The van der Waals surface area contributed by atoms with Gasteiger partial charge in [0.2, 0.25) is 0 Å². The van der Waals surface area contributed by atoms with Crippen LogP contribution in [0.1, 0.15) is 23.3 Å². The monoisotopic (exact) mass is 253 g/mol. The molecule has 0 unspecified atom stereocenters. The zero-order chi connectivity index (χ0) is 13.1. The first-order valence-corrected chi connectivity index (χ1v) is 5.76. The van der Waals surface area contributed by atoms with E-state index >= 15 is 0 Å². The number of ether oxygens (including phenoxy) is 1. The Hall–Kier alpha value is -2.05. The van der Waals surface area contributed by atoms with E-state index < -0.39 is 5.69 Å². The zero-order valence-electron chi connectivity index (χ0n) is 10.1. The van der Waals surface area contributed by atoms with Crippen LogP contribution in [-0.2, 0) is 9.53 Å². The van der Waals surface area contributed by atoms with Crippen molar-refractivity contribution in [2.24, 2.45) is 5.92 Å². The molecule has 0 radical (unpaired) electrons. The number of aromatic nitrogens is 2. The number of piperidine rings is 1. The van der Waals surface area contributed by atoms with Crippen molar-refractivity contribution in [2.45, 2.75) is 12.8 Å². The van der Waals surface area contributed by atoms with Crippen LogP contribution in [-0.4, -0.2) is 46.9 Å². The Kier molecular flexibility index (Phi) is 3.50. The second-order valence-corrected chi connectivity index (χ2v) is 4.25. The number of nitrogens with one attached hydrogen (secondary N) is 2. The number of methoxy groups -OCH3 is 1. The fraction of sp³-hybridized carbons (Fsp3) is 0.545. The maximum atomic E-state index is 12.0. The molecule has 18 heavy (non-hydrogen) atoms. The first-order chi connectivity index (χ1) is 8.61. The van der Waals surface area contributed by atoms with Crippen molar-refractivity contribution in [3.05, 3.63) is 22.4 Å². The number of H-pyrrole nitrogens is 2. The normalized spacial score (nSPS) is 16.6. The van der Waals surface area contributed by atoms with Crippen LogP contribution in [0, 0.1) is 5.92 Å². The van der Waals surface area contributed by atoms with Crippen molar-refractivity contribution in [1.29, 1.82) is 0 Å². The van der Waals surface area contributed by atoms with E-state index in [-0.39, 0.29) is 23.5 Å². The molecule has 98 valence electrons. The Morgan fingerprint density at radius 1 is 1.39 bits per heavy atom. The van der Waals surface area contributed by atoms with Crippen LogP contribution in [0.2, 0.25) is 0 Å². The van der Waals surface area contributed by atoms with Crippen LogP contribution in [0.25, 0.3) is 0 Å². The Morgan fingerprint density at radius 2 is 2.06 bits per heavy atom. The first kappa shape index (κ1) is 12.4. The number of imidazole rings is 1. The summed E-state index contributed by atoms with van der Waals surface area (Å²) in [6, 6.07) is 0. The molecular formula is C11H15N3O4. The molecule has 1 fully saturated rings. The van der Waals surface area contributed by atoms with Crippen molar-refractivity contribution < 1.29 is 14.3 Å². The van der Waals surface area contributed by atoms with Crippen LogP contribution in [0.3, 0.4) is 0 Å². The Labute approximate surface area is 103 Å². The molecule has 0 spiro atoms. The van der Waals surface area contributed by atoms with Gasteiger partial charge >= 0.3 is 11.7 Å². The van der Waals surface area contributed by atoms with Gasteiger partial charge in [-0.1, -0.05) is 0 Å². The summed E-state index contributed by atoms with van der Waals surface area (Å²) < 4.78 is 4.68.